The molecule has 2 aromatic rings. The van der Waals surface area contributed by atoms with E-state index in [-0.39, 0.29) is 16.7 Å². The zero-order valence-corrected chi connectivity index (χ0v) is 12.1. The number of hydrogen-bond acceptors (Lipinski definition) is 4. The Morgan fingerprint density at radius 3 is 2.47 bits per heavy atom. The van der Waals surface area contributed by atoms with Gasteiger partial charge in [0.2, 0.25) is 5.03 Å². The van der Waals surface area contributed by atoms with Gasteiger partial charge in [0, 0.05) is 26.0 Å². The molecule has 0 atom stereocenters. The minimum absolute atomic E-state index is 0.0903. The van der Waals surface area contributed by atoms with E-state index in [4.69, 9.17) is 11.6 Å². The van der Waals surface area contributed by atoms with Crippen molar-refractivity contribution in [2.24, 2.45) is 7.05 Å². The average Bonchev–Trinajstić information content (AvgIpc) is 2.72. The number of halogens is 1. The van der Waals surface area contributed by atoms with Crippen LogP contribution in [0.15, 0.2) is 35.9 Å². The molecule has 0 saturated heterocycles. The van der Waals surface area contributed by atoms with Crippen LogP contribution in [-0.2, 0) is 17.1 Å². The third-order valence-electron chi connectivity index (χ3n) is 2.61. The summed E-state index contributed by atoms with van der Waals surface area (Å²) in [5.41, 5.74) is 0.527. The van der Waals surface area contributed by atoms with E-state index in [2.05, 4.69) is 9.97 Å². The molecule has 0 aromatic carbocycles. The predicted octanol–water partition coefficient (Wildman–Crippen LogP) is 1.68. The van der Waals surface area contributed by atoms with E-state index in [1.54, 1.807) is 26.1 Å². The summed E-state index contributed by atoms with van der Waals surface area (Å²) in [5.74, 6) is 0. The van der Waals surface area contributed by atoms with Crippen LogP contribution < -0.4 is 4.31 Å². The van der Waals surface area contributed by atoms with E-state index in [1.807, 2.05) is 0 Å². The number of anilines is 1. The molecule has 8 heteroatoms. The van der Waals surface area contributed by atoms with Crippen LogP contribution in [0.3, 0.4) is 0 Å². The number of sulfonamides is 1. The van der Waals surface area contributed by atoms with E-state index in [0.29, 0.717) is 5.69 Å². The van der Waals surface area contributed by atoms with Crippen molar-refractivity contribution >= 4 is 27.3 Å². The van der Waals surface area contributed by atoms with Gasteiger partial charge in [0.1, 0.15) is 5.15 Å². The summed E-state index contributed by atoms with van der Waals surface area (Å²) >= 11 is 5.96. The van der Waals surface area contributed by atoms with Crippen molar-refractivity contribution in [2.75, 3.05) is 10.8 Å². The van der Waals surface area contributed by atoms with Gasteiger partial charge in [0.25, 0.3) is 10.0 Å². The molecule has 0 unspecified atom stereocenters. The lowest BCUT2D eigenvalue weighted by Crippen LogP contribution is -2.31. The molecule has 102 valence electrons. The number of hydrogen-bond donors (Lipinski definition) is 0. The molecule has 0 bridgehead atoms. The molecule has 6 nitrogen and oxygen atoms in total. The van der Waals surface area contributed by atoms with Gasteiger partial charge >= 0.3 is 0 Å². The first-order valence-electron chi connectivity index (χ1n) is 5.58. The number of pyridine rings is 1. The summed E-state index contributed by atoms with van der Waals surface area (Å²) in [6.07, 6.45) is 4.44. The largest absolute Gasteiger partial charge is 0.324 e. The van der Waals surface area contributed by atoms with Gasteiger partial charge in [-0.1, -0.05) is 11.6 Å². The summed E-state index contributed by atoms with van der Waals surface area (Å²) in [7, 11) is -2.14. The Kier molecular flexibility index (Phi) is 3.77. The molecule has 0 aliphatic carbocycles. The first kappa shape index (κ1) is 13.8. The van der Waals surface area contributed by atoms with Gasteiger partial charge < -0.3 is 4.57 Å². The zero-order chi connectivity index (χ0) is 14.0. The van der Waals surface area contributed by atoms with Gasteiger partial charge in [-0.15, -0.1) is 0 Å². The summed E-state index contributed by atoms with van der Waals surface area (Å²) < 4.78 is 27.8. The van der Waals surface area contributed by atoms with Crippen LogP contribution >= 0.6 is 11.6 Å². The third kappa shape index (κ3) is 2.43. The van der Waals surface area contributed by atoms with Gasteiger partial charge in [0.05, 0.1) is 12.0 Å². The van der Waals surface area contributed by atoms with E-state index in [9.17, 15) is 8.42 Å². The molecule has 2 aromatic heterocycles. The van der Waals surface area contributed by atoms with E-state index in [0.717, 1.165) is 0 Å². The minimum atomic E-state index is -3.77. The molecule has 0 aliphatic rings. The number of imidazole rings is 1. The lowest BCUT2D eigenvalue weighted by molar-refractivity contribution is 0.588. The van der Waals surface area contributed by atoms with E-state index < -0.39 is 10.0 Å². The Morgan fingerprint density at radius 2 is 2.00 bits per heavy atom. The molecule has 2 heterocycles. The topological polar surface area (TPSA) is 68.1 Å². The second-order valence-electron chi connectivity index (χ2n) is 3.83. The molecular weight excluding hydrogens is 288 g/mol. The Bertz CT molecular complexity index is 669. The van der Waals surface area contributed by atoms with Gasteiger partial charge in [-0.05, 0) is 19.1 Å². The van der Waals surface area contributed by atoms with Crippen LogP contribution in [0, 0.1) is 0 Å². The van der Waals surface area contributed by atoms with Gasteiger partial charge in [-0.3, -0.25) is 9.29 Å². The lowest BCUT2D eigenvalue weighted by atomic mass is 10.4. The van der Waals surface area contributed by atoms with Crippen LogP contribution in [0.25, 0.3) is 0 Å². The Hall–Kier alpha value is -1.60. The molecule has 0 spiro atoms. The summed E-state index contributed by atoms with van der Waals surface area (Å²) in [5, 5.41) is -0.0529. The van der Waals surface area contributed by atoms with Gasteiger partial charge in [0.15, 0.2) is 0 Å². The van der Waals surface area contributed by atoms with Crippen LogP contribution in [0.5, 0.6) is 0 Å². The standard InChI is InChI=1S/C11H13ClN4O2S/c1-3-16(9-4-6-13-7-5-9)19(17,18)11-10(12)15(2)8-14-11/h4-8H,3H2,1-2H3. The molecule has 2 rings (SSSR count). The summed E-state index contributed by atoms with van der Waals surface area (Å²) in [6, 6.07) is 3.25. The van der Waals surface area contributed by atoms with Crippen molar-refractivity contribution in [3.05, 3.63) is 36.0 Å². The van der Waals surface area contributed by atoms with Crippen molar-refractivity contribution < 1.29 is 8.42 Å². The molecule has 19 heavy (non-hydrogen) atoms. The highest BCUT2D eigenvalue weighted by Gasteiger charge is 2.29. The maximum absolute atomic E-state index is 12.5. The SMILES string of the molecule is CCN(c1ccncc1)S(=O)(=O)c1ncn(C)c1Cl. The van der Waals surface area contributed by atoms with Crippen molar-refractivity contribution in [3.8, 4) is 0 Å². The molecule has 0 aliphatic heterocycles. The average molecular weight is 301 g/mol. The predicted molar refractivity (Wildman–Crippen MR) is 72.7 cm³/mol. The summed E-state index contributed by atoms with van der Waals surface area (Å²) in [4.78, 5) is 7.74. The third-order valence-corrected chi connectivity index (χ3v) is 5.00. The summed E-state index contributed by atoms with van der Waals surface area (Å²) in [6.45, 7) is 2.02. The smallest absolute Gasteiger partial charge is 0.284 e. The van der Waals surface area contributed by atoms with Gasteiger partial charge in [-0.2, -0.15) is 8.42 Å². The Morgan fingerprint density at radius 1 is 1.37 bits per heavy atom. The Labute approximate surface area is 116 Å². The normalized spacial score (nSPS) is 11.5. The lowest BCUT2D eigenvalue weighted by Gasteiger charge is -2.21. The maximum atomic E-state index is 12.5. The fraction of sp³-hybridized carbons (Fsp3) is 0.273. The number of nitrogens with zero attached hydrogens (tertiary/aromatic N) is 4. The van der Waals surface area contributed by atoms with Crippen molar-refractivity contribution in [3.63, 3.8) is 0 Å². The first-order chi connectivity index (χ1) is 8.98. The molecule has 0 amide bonds. The number of rotatable bonds is 4. The van der Waals surface area contributed by atoms with Gasteiger partial charge in [-0.25, -0.2) is 4.98 Å². The van der Waals surface area contributed by atoms with Crippen LogP contribution in [0.2, 0.25) is 5.15 Å². The minimum Gasteiger partial charge on any atom is -0.324 e. The molecule has 0 fully saturated rings. The monoisotopic (exact) mass is 300 g/mol. The fourth-order valence-corrected chi connectivity index (χ4v) is 3.54. The highest BCUT2D eigenvalue weighted by Crippen LogP contribution is 2.26. The number of aromatic nitrogens is 3. The van der Waals surface area contributed by atoms with Crippen LogP contribution in [0.4, 0.5) is 5.69 Å². The number of aryl methyl sites for hydroxylation is 1. The second-order valence-corrected chi connectivity index (χ2v) is 5.96. The fourth-order valence-electron chi connectivity index (χ4n) is 1.67. The van der Waals surface area contributed by atoms with Crippen molar-refractivity contribution in [1.82, 2.24) is 14.5 Å². The van der Waals surface area contributed by atoms with Crippen LogP contribution in [-0.4, -0.2) is 29.5 Å². The molecule has 0 N–H and O–H groups in total. The van der Waals surface area contributed by atoms with Crippen LogP contribution in [0.1, 0.15) is 6.92 Å². The highest BCUT2D eigenvalue weighted by atomic mass is 35.5. The first-order valence-corrected chi connectivity index (χ1v) is 7.40. The van der Waals surface area contributed by atoms with E-state index >= 15 is 0 Å². The maximum Gasteiger partial charge on any atom is 0.284 e. The highest BCUT2D eigenvalue weighted by molar-refractivity contribution is 7.92. The molecule has 0 radical (unpaired) electrons. The van der Waals surface area contributed by atoms with Crippen molar-refractivity contribution in [2.45, 2.75) is 11.9 Å². The Balaban J connectivity index is 2.52. The molecule has 0 saturated carbocycles. The quantitative estimate of drug-likeness (QED) is 0.861. The molecular formula is C11H13ClN4O2S. The second kappa shape index (κ2) is 5.18. The zero-order valence-electron chi connectivity index (χ0n) is 10.5. The van der Waals surface area contributed by atoms with E-state index in [1.165, 1.54) is 27.6 Å². The van der Waals surface area contributed by atoms with Crippen molar-refractivity contribution in [1.29, 1.82) is 0 Å².